The van der Waals surface area contributed by atoms with Gasteiger partial charge in [0.1, 0.15) is 11.4 Å². The maximum atomic E-state index is 10.5. The molecule has 1 fully saturated rings. The summed E-state index contributed by atoms with van der Waals surface area (Å²) in [7, 11) is 0. The molecule has 29 heavy (non-hydrogen) atoms. The standard InChI is InChI=1S/C24H23N3O2/c28-22-7-3-4-17-14-18(8-9-19(17)22)20-15-27(21-5-1-2-6-23(21)29)26-24(20)16-10-12-25-13-11-16/h3-4,7-15,21,23,28-29H,1-2,5-6H2/t21-,23?/m0/s1. The van der Waals surface area contributed by atoms with Crippen LogP contribution in [0.4, 0.5) is 0 Å². The van der Waals surface area contributed by atoms with Crippen molar-refractivity contribution in [3.8, 4) is 28.1 Å². The monoisotopic (exact) mass is 385 g/mol. The summed E-state index contributed by atoms with van der Waals surface area (Å²) in [5.41, 5.74) is 3.92. The zero-order valence-corrected chi connectivity index (χ0v) is 16.1. The van der Waals surface area contributed by atoms with Crippen molar-refractivity contribution in [1.29, 1.82) is 0 Å². The summed E-state index contributed by atoms with van der Waals surface area (Å²) in [4.78, 5) is 4.13. The highest BCUT2D eigenvalue weighted by Gasteiger charge is 2.27. The van der Waals surface area contributed by atoms with E-state index >= 15 is 0 Å². The van der Waals surface area contributed by atoms with Gasteiger partial charge in [0.25, 0.3) is 0 Å². The molecule has 0 radical (unpaired) electrons. The molecule has 5 rings (SSSR count). The number of pyridine rings is 1. The fraction of sp³-hybridized carbons (Fsp3) is 0.250. The smallest absolute Gasteiger partial charge is 0.123 e. The summed E-state index contributed by atoms with van der Waals surface area (Å²) in [5, 5.41) is 27.4. The van der Waals surface area contributed by atoms with Gasteiger partial charge >= 0.3 is 0 Å². The van der Waals surface area contributed by atoms with Gasteiger partial charge in [-0.25, -0.2) is 0 Å². The topological polar surface area (TPSA) is 71.2 Å². The molecule has 2 aromatic carbocycles. The van der Waals surface area contributed by atoms with Gasteiger partial charge in [0.2, 0.25) is 0 Å². The quantitative estimate of drug-likeness (QED) is 0.524. The third kappa shape index (κ3) is 3.28. The molecular formula is C24H23N3O2. The van der Waals surface area contributed by atoms with Gasteiger partial charge in [0.15, 0.2) is 0 Å². The number of aliphatic hydroxyl groups excluding tert-OH is 1. The molecule has 0 bridgehead atoms. The van der Waals surface area contributed by atoms with E-state index in [9.17, 15) is 10.2 Å². The second-order valence-corrected chi connectivity index (χ2v) is 7.74. The zero-order chi connectivity index (χ0) is 19.8. The van der Waals surface area contributed by atoms with Crippen LogP contribution in [-0.2, 0) is 0 Å². The summed E-state index contributed by atoms with van der Waals surface area (Å²) < 4.78 is 1.95. The first-order valence-corrected chi connectivity index (χ1v) is 10.1. The molecule has 2 heterocycles. The van der Waals surface area contributed by atoms with Crippen molar-refractivity contribution >= 4 is 10.8 Å². The Bertz CT molecular complexity index is 1150. The Morgan fingerprint density at radius 1 is 0.931 bits per heavy atom. The Labute approximate surface area is 169 Å². The predicted octanol–water partition coefficient (Wildman–Crippen LogP) is 4.95. The second-order valence-electron chi connectivity index (χ2n) is 7.74. The van der Waals surface area contributed by atoms with Crippen LogP contribution in [0, 0.1) is 0 Å². The van der Waals surface area contributed by atoms with Crippen LogP contribution in [0.2, 0.25) is 0 Å². The van der Waals surface area contributed by atoms with Crippen molar-refractivity contribution < 1.29 is 10.2 Å². The molecule has 1 aliphatic rings. The highest BCUT2D eigenvalue weighted by molar-refractivity contribution is 5.93. The Morgan fingerprint density at radius 2 is 1.76 bits per heavy atom. The third-order valence-corrected chi connectivity index (χ3v) is 5.89. The molecule has 0 saturated heterocycles. The van der Waals surface area contributed by atoms with Crippen LogP contribution in [-0.4, -0.2) is 31.1 Å². The lowest BCUT2D eigenvalue weighted by Crippen LogP contribution is -2.27. The highest BCUT2D eigenvalue weighted by atomic mass is 16.3. The summed E-state index contributed by atoms with van der Waals surface area (Å²) in [6.45, 7) is 0. The number of hydrogen-bond donors (Lipinski definition) is 2. The van der Waals surface area contributed by atoms with E-state index in [4.69, 9.17) is 5.10 Å². The molecule has 2 atom stereocenters. The summed E-state index contributed by atoms with van der Waals surface area (Å²) in [6, 6.07) is 15.5. The molecule has 146 valence electrons. The maximum absolute atomic E-state index is 10.5. The first-order valence-electron chi connectivity index (χ1n) is 10.1. The number of hydrogen-bond acceptors (Lipinski definition) is 4. The lowest BCUT2D eigenvalue weighted by Gasteiger charge is -2.27. The molecular weight excluding hydrogens is 362 g/mol. The van der Waals surface area contributed by atoms with E-state index in [-0.39, 0.29) is 17.9 Å². The Kier molecular flexibility index (Phi) is 4.52. The largest absolute Gasteiger partial charge is 0.507 e. The van der Waals surface area contributed by atoms with Crippen LogP contribution in [0.1, 0.15) is 31.7 Å². The molecule has 0 amide bonds. The molecule has 4 aromatic rings. The number of aromatic nitrogens is 3. The summed E-state index contributed by atoms with van der Waals surface area (Å²) in [5.74, 6) is 0.282. The summed E-state index contributed by atoms with van der Waals surface area (Å²) in [6.07, 6.45) is 9.16. The van der Waals surface area contributed by atoms with E-state index in [2.05, 4.69) is 17.2 Å². The van der Waals surface area contributed by atoms with Crippen LogP contribution in [0.5, 0.6) is 5.75 Å². The lowest BCUT2D eigenvalue weighted by atomic mass is 9.93. The van der Waals surface area contributed by atoms with Crippen LogP contribution in [0.15, 0.2) is 67.1 Å². The van der Waals surface area contributed by atoms with Crippen molar-refractivity contribution in [2.75, 3.05) is 0 Å². The molecule has 1 saturated carbocycles. The fourth-order valence-electron chi connectivity index (χ4n) is 4.33. The van der Waals surface area contributed by atoms with Crippen LogP contribution < -0.4 is 0 Å². The minimum Gasteiger partial charge on any atom is -0.507 e. The number of fused-ring (bicyclic) bond motifs is 1. The molecule has 0 aliphatic heterocycles. The van der Waals surface area contributed by atoms with E-state index in [1.807, 2.05) is 41.1 Å². The van der Waals surface area contributed by atoms with Gasteiger partial charge in [-0.05, 0) is 48.1 Å². The van der Waals surface area contributed by atoms with Gasteiger partial charge in [-0.2, -0.15) is 5.10 Å². The number of phenols is 1. The number of benzene rings is 2. The molecule has 0 spiro atoms. The third-order valence-electron chi connectivity index (χ3n) is 5.89. The zero-order valence-electron chi connectivity index (χ0n) is 16.1. The average Bonchev–Trinajstić information content (AvgIpc) is 3.20. The molecule has 5 heteroatoms. The number of phenolic OH excluding ortho intramolecular Hbond substituents is 1. The first kappa shape index (κ1) is 17.9. The molecule has 2 N–H and O–H groups in total. The Morgan fingerprint density at radius 3 is 2.59 bits per heavy atom. The molecule has 5 nitrogen and oxygen atoms in total. The SMILES string of the molecule is Oc1cccc2cc(-c3cn([C@H]4CCCCC4O)nc3-c3ccncc3)ccc12. The first-order chi connectivity index (χ1) is 14.2. The van der Waals surface area contributed by atoms with Gasteiger partial charge in [0.05, 0.1) is 12.1 Å². The molecule has 1 aliphatic carbocycles. The molecule has 1 unspecified atom stereocenters. The number of aromatic hydroxyl groups is 1. The van der Waals surface area contributed by atoms with Gasteiger partial charge in [-0.15, -0.1) is 0 Å². The van der Waals surface area contributed by atoms with E-state index in [0.717, 1.165) is 58.8 Å². The van der Waals surface area contributed by atoms with E-state index < -0.39 is 0 Å². The molecule has 2 aromatic heterocycles. The second kappa shape index (κ2) is 7.33. The van der Waals surface area contributed by atoms with Crippen molar-refractivity contribution in [2.24, 2.45) is 0 Å². The van der Waals surface area contributed by atoms with Crippen molar-refractivity contribution in [3.63, 3.8) is 0 Å². The summed E-state index contributed by atoms with van der Waals surface area (Å²) >= 11 is 0. The van der Waals surface area contributed by atoms with Crippen LogP contribution in [0.25, 0.3) is 33.2 Å². The minimum absolute atomic E-state index is 0.00240. The Hall–Kier alpha value is -3.18. The van der Waals surface area contributed by atoms with Crippen molar-refractivity contribution in [3.05, 3.63) is 67.1 Å². The van der Waals surface area contributed by atoms with Crippen LogP contribution in [0.3, 0.4) is 0 Å². The van der Waals surface area contributed by atoms with E-state index in [1.54, 1.807) is 18.5 Å². The number of nitrogens with zero attached hydrogens (tertiary/aromatic N) is 3. The highest BCUT2D eigenvalue weighted by Crippen LogP contribution is 2.37. The number of rotatable bonds is 3. The lowest BCUT2D eigenvalue weighted by molar-refractivity contribution is 0.0696. The van der Waals surface area contributed by atoms with E-state index in [0.29, 0.717) is 0 Å². The number of aliphatic hydroxyl groups is 1. The normalized spacial score (nSPS) is 19.5. The predicted molar refractivity (Wildman–Crippen MR) is 114 cm³/mol. The van der Waals surface area contributed by atoms with Gasteiger partial charge < -0.3 is 10.2 Å². The van der Waals surface area contributed by atoms with Gasteiger partial charge in [0, 0.05) is 35.1 Å². The maximum Gasteiger partial charge on any atom is 0.123 e. The van der Waals surface area contributed by atoms with E-state index in [1.165, 1.54) is 0 Å². The van der Waals surface area contributed by atoms with Gasteiger partial charge in [-0.3, -0.25) is 9.67 Å². The van der Waals surface area contributed by atoms with Crippen molar-refractivity contribution in [1.82, 2.24) is 14.8 Å². The van der Waals surface area contributed by atoms with Gasteiger partial charge in [-0.1, -0.05) is 37.1 Å². The fourth-order valence-corrected chi connectivity index (χ4v) is 4.33. The minimum atomic E-state index is -0.365. The Balaban J connectivity index is 1.66. The van der Waals surface area contributed by atoms with Crippen LogP contribution >= 0.6 is 0 Å². The average molecular weight is 385 g/mol. The van der Waals surface area contributed by atoms with Crippen molar-refractivity contribution in [2.45, 2.75) is 37.8 Å².